The Bertz CT molecular complexity index is 352. The SMILES string of the molecule is CCCC(C)OCn1cc[n+](C)c1/C=N/O.[Cl-]. The Kier molecular flexibility index (Phi) is 7.58. The fourth-order valence-corrected chi connectivity index (χ4v) is 1.56. The molecule has 1 heterocycles. The van der Waals surface area contributed by atoms with Crippen molar-refractivity contribution >= 4 is 6.21 Å². The molecule has 1 rings (SSSR count). The number of rotatable bonds is 6. The van der Waals surface area contributed by atoms with Gasteiger partial charge < -0.3 is 22.4 Å². The van der Waals surface area contributed by atoms with Crippen molar-refractivity contribution in [2.75, 3.05) is 0 Å². The molecule has 1 unspecified atom stereocenters. The molecule has 1 aromatic rings. The van der Waals surface area contributed by atoms with Crippen molar-refractivity contribution in [3.8, 4) is 0 Å². The van der Waals surface area contributed by atoms with Crippen LogP contribution >= 0.6 is 0 Å². The summed E-state index contributed by atoms with van der Waals surface area (Å²) < 4.78 is 9.44. The van der Waals surface area contributed by atoms with Crippen molar-refractivity contribution in [2.45, 2.75) is 39.5 Å². The van der Waals surface area contributed by atoms with Crippen LogP contribution in [0.2, 0.25) is 0 Å². The molecule has 0 amide bonds. The molecule has 0 fully saturated rings. The molecule has 1 N–H and O–H groups in total. The minimum Gasteiger partial charge on any atom is -1.00 e. The zero-order chi connectivity index (χ0) is 12.0. The van der Waals surface area contributed by atoms with E-state index in [0.717, 1.165) is 18.7 Å². The number of hydrogen-bond donors (Lipinski definition) is 1. The number of ether oxygens (including phenoxy) is 1. The first-order chi connectivity index (χ1) is 7.69. The van der Waals surface area contributed by atoms with Crippen molar-refractivity contribution in [2.24, 2.45) is 12.2 Å². The number of aryl methyl sites for hydroxylation is 1. The lowest BCUT2D eigenvalue weighted by atomic mass is 10.2. The maximum atomic E-state index is 8.55. The van der Waals surface area contributed by atoms with Crippen LogP contribution in [-0.4, -0.2) is 22.1 Å². The summed E-state index contributed by atoms with van der Waals surface area (Å²) >= 11 is 0. The Labute approximate surface area is 108 Å². The summed E-state index contributed by atoms with van der Waals surface area (Å²) in [5, 5.41) is 11.6. The normalized spacial score (nSPS) is 12.6. The van der Waals surface area contributed by atoms with Gasteiger partial charge in [-0.3, -0.25) is 0 Å². The van der Waals surface area contributed by atoms with E-state index in [2.05, 4.69) is 19.0 Å². The van der Waals surface area contributed by atoms with Gasteiger partial charge >= 0.3 is 5.82 Å². The number of halogens is 1. The maximum absolute atomic E-state index is 8.55. The molecule has 1 aromatic heterocycles. The van der Waals surface area contributed by atoms with E-state index in [1.165, 1.54) is 6.21 Å². The quantitative estimate of drug-likeness (QED) is 0.287. The second-order valence-corrected chi connectivity index (χ2v) is 3.88. The standard InChI is InChI=1S/C11H19N3O2.ClH/c1-4-5-10(2)16-9-14-7-6-13(3)11(14)8-12-15;/h6-8,10H,4-5,9H2,1-3H3;1H. The van der Waals surface area contributed by atoms with E-state index in [1.807, 2.05) is 28.6 Å². The number of hydrogen-bond acceptors (Lipinski definition) is 3. The van der Waals surface area contributed by atoms with Gasteiger partial charge in [-0.2, -0.15) is 0 Å². The van der Waals surface area contributed by atoms with Crippen LogP contribution in [0.4, 0.5) is 0 Å². The van der Waals surface area contributed by atoms with Gasteiger partial charge in [0.2, 0.25) is 0 Å². The third-order valence-electron chi connectivity index (χ3n) is 2.49. The molecule has 0 aromatic carbocycles. The van der Waals surface area contributed by atoms with Gasteiger partial charge in [-0.15, -0.1) is 0 Å². The summed E-state index contributed by atoms with van der Waals surface area (Å²) in [7, 11) is 1.89. The zero-order valence-electron chi connectivity index (χ0n) is 10.5. The number of nitrogens with zero attached hydrogens (tertiary/aromatic N) is 3. The monoisotopic (exact) mass is 261 g/mol. The number of imidazole rings is 1. The minimum atomic E-state index is 0. The second kappa shape index (κ2) is 8.08. The lowest BCUT2D eigenvalue weighted by Crippen LogP contribution is -3.00. The third-order valence-corrected chi connectivity index (χ3v) is 2.49. The highest BCUT2D eigenvalue weighted by Crippen LogP contribution is 2.03. The molecule has 0 bridgehead atoms. The fraction of sp³-hybridized carbons (Fsp3) is 0.636. The zero-order valence-corrected chi connectivity index (χ0v) is 11.3. The van der Waals surface area contributed by atoms with E-state index in [0.29, 0.717) is 6.73 Å². The van der Waals surface area contributed by atoms with Gasteiger partial charge in [-0.25, -0.2) is 9.13 Å². The van der Waals surface area contributed by atoms with E-state index in [1.54, 1.807) is 0 Å². The summed E-state index contributed by atoms with van der Waals surface area (Å²) in [5.41, 5.74) is 0. The van der Waals surface area contributed by atoms with Gasteiger partial charge in [0.15, 0.2) is 12.9 Å². The molecule has 0 radical (unpaired) electrons. The smallest absolute Gasteiger partial charge is 0.305 e. The topological polar surface area (TPSA) is 50.6 Å². The molecule has 6 heteroatoms. The molecular weight excluding hydrogens is 242 g/mol. The molecule has 98 valence electrons. The summed E-state index contributed by atoms with van der Waals surface area (Å²) in [6.07, 6.45) is 7.60. The largest absolute Gasteiger partial charge is 1.00 e. The summed E-state index contributed by atoms with van der Waals surface area (Å²) in [5.74, 6) is 0.797. The highest BCUT2D eigenvalue weighted by atomic mass is 35.5. The van der Waals surface area contributed by atoms with Crippen molar-refractivity contribution in [1.82, 2.24) is 4.57 Å². The highest BCUT2D eigenvalue weighted by molar-refractivity contribution is 5.72. The summed E-state index contributed by atoms with van der Waals surface area (Å²) in [4.78, 5) is 0. The molecule has 17 heavy (non-hydrogen) atoms. The number of oxime groups is 1. The van der Waals surface area contributed by atoms with Crippen LogP contribution in [0.1, 0.15) is 32.5 Å². The number of aromatic nitrogens is 2. The van der Waals surface area contributed by atoms with Crippen LogP contribution in [0, 0.1) is 0 Å². The molecule has 0 saturated heterocycles. The van der Waals surface area contributed by atoms with Crippen LogP contribution in [0.25, 0.3) is 0 Å². The maximum Gasteiger partial charge on any atom is 0.305 e. The first-order valence-electron chi connectivity index (χ1n) is 5.52. The molecule has 0 aliphatic carbocycles. The first kappa shape index (κ1) is 15.9. The molecule has 0 aliphatic heterocycles. The summed E-state index contributed by atoms with van der Waals surface area (Å²) in [6.45, 7) is 4.68. The van der Waals surface area contributed by atoms with Gasteiger partial charge in [0.1, 0.15) is 12.4 Å². The van der Waals surface area contributed by atoms with E-state index >= 15 is 0 Å². The van der Waals surface area contributed by atoms with E-state index < -0.39 is 0 Å². The van der Waals surface area contributed by atoms with Crippen LogP contribution in [0.15, 0.2) is 17.5 Å². The van der Waals surface area contributed by atoms with E-state index in [9.17, 15) is 0 Å². The lowest BCUT2D eigenvalue weighted by Gasteiger charge is -2.09. The van der Waals surface area contributed by atoms with Crippen LogP contribution in [-0.2, 0) is 18.5 Å². The molecule has 0 aliphatic rings. The van der Waals surface area contributed by atoms with Crippen LogP contribution in [0.3, 0.4) is 0 Å². The minimum absolute atomic E-state index is 0. The van der Waals surface area contributed by atoms with Crippen molar-refractivity contribution in [1.29, 1.82) is 0 Å². The predicted octanol–water partition coefficient (Wildman–Crippen LogP) is -1.71. The fourth-order valence-electron chi connectivity index (χ4n) is 1.56. The molecule has 0 spiro atoms. The molecular formula is C11H20ClN3O2. The first-order valence-corrected chi connectivity index (χ1v) is 5.52. The van der Waals surface area contributed by atoms with Crippen molar-refractivity contribution in [3.63, 3.8) is 0 Å². The average molecular weight is 262 g/mol. The Morgan fingerprint density at radius 2 is 2.35 bits per heavy atom. The van der Waals surface area contributed by atoms with Crippen molar-refractivity contribution < 1.29 is 26.9 Å². The van der Waals surface area contributed by atoms with Gasteiger partial charge in [0.25, 0.3) is 0 Å². The molecule has 5 nitrogen and oxygen atoms in total. The molecule has 0 saturated carbocycles. The Balaban J connectivity index is 0.00000256. The van der Waals surface area contributed by atoms with Gasteiger partial charge in [0.05, 0.1) is 13.2 Å². The second-order valence-electron chi connectivity index (χ2n) is 3.88. The molecule has 1 atom stereocenters. The van der Waals surface area contributed by atoms with E-state index in [4.69, 9.17) is 9.94 Å². The summed E-state index contributed by atoms with van der Waals surface area (Å²) in [6, 6.07) is 0. The Hall–Kier alpha value is -1.07. The average Bonchev–Trinajstić information content (AvgIpc) is 2.59. The van der Waals surface area contributed by atoms with Gasteiger partial charge in [0, 0.05) is 0 Å². The lowest BCUT2D eigenvalue weighted by molar-refractivity contribution is -0.672. The van der Waals surface area contributed by atoms with Gasteiger partial charge in [-0.1, -0.05) is 18.5 Å². The van der Waals surface area contributed by atoms with Crippen molar-refractivity contribution in [3.05, 3.63) is 18.2 Å². The van der Waals surface area contributed by atoms with Crippen LogP contribution in [0.5, 0.6) is 0 Å². The highest BCUT2D eigenvalue weighted by Gasteiger charge is 2.13. The van der Waals surface area contributed by atoms with Gasteiger partial charge in [-0.05, 0) is 13.3 Å². The Morgan fingerprint density at radius 1 is 1.65 bits per heavy atom. The predicted molar refractivity (Wildman–Crippen MR) is 60.4 cm³/mol. The third kappa shape index (κ3) is 4.75. The van der Waals surface area contributed by atoms with E-state index in [-0.39, 0.29) is 18.5 Å². The Morgan fingerprint density at radius 3 is 2.94 bits per heavy atom. The van der Waals surface area contributed by atoms with Crippen LogP contribution < -0.4 is 17.0 Å².